The van der Waals surface area contributed by atoms with Gasteiger partial charge in [-0.2, -0.15) is 0 Å². The van der Waals surface area contributed by atoms with E-state index in [0.29, 0.717) is 12.0 Å². The Morgan fingerprint density at radius 3 is 2.10 bits per heavy atom. The fourth-order valence-electron chi connectivity index (χ4n) is 1.95. The summed E-state index contributed by atoms with van der Waals surface area (Å²) in [6.07, 6.45) is 1.41. The third kappa shape index (κ3) is 5.38. The van der Waals surface area contributed by atoms with E-state index in [0.717, 1.165) is 22.6 Å². The minimum Gasteiger partial charge on any atom is -0.481 e. The van der Waals surface area contributed by atoms with Crippen molar-refractivity contribution in [3.05, 3.63) is 47.5 Å². The molecule has 0 bridgehead atoms. The lowest BCUT2D eigenvalue weighted by Gasteiger charge is -2.07. The maximum absolute atomic E-state index is 10.9. The molecule has 3 nitrogen and oxygen atoms in total. The molecule has 0 heterocycles. The first-order valence-corrected chi connectivity index (χ1v) is 7.40. The molecule has 0 aliphatic rings. The van der Waals surface area contributed by atoms with Crippen LogP contribution in [0.2, 0.25) is 0 Å². The standard InChI is InChI=1S/C14H12O3.2C2H6/c15-9-11-6-5-10(7-8-14(16)17)12-3-1-2-4-13(11)12;2*1-2/h1-6,9H,7-8H2,(H,16,17);2*1-2H3. The molecule has 3 heteroatoms. The number of benzene rings is 2. The summed E-state index contributed by atoms with van der Waals surface area (Å²) < 4.78 is 0. The van der Waals surface area contributed by atoms with Crippen molar-refractivity contribution < 1.29 is 14.7 Å². The molecule has 0 saturated carbocycles. The van der Waals surface area contributed by atoms with E-state index in [-0.39, 0.29) is 6.42 Å². The number of carboxylic acid groups (broad SMARTS) is 1. The van der Waals surface area contributed by atoms with Crippen molar-refractivity contribution in [1.82, 2.24) is 0 Å². The van der Waals surface area contributed by atoms with Crippen molar-refractivity contribution in [3.8, 4) is 0 Å². The van der Waals surface area contributed by atoms with Gasteiger partial charge in [0, 0.05) is 12.0 Å². The van der Waals surface area contributed by atoms with Crippen LogP contribution in [0.4, 0.5) is 0 Å². The number of carboxylic acids is 1. The average molecular weight is 288 g/mol. The van der Waals surface area contributed by atoms with Crippen LogP contribution in [-0.2, 0) is 11.2 Å². The Morgan fingerprint density at radius 1 is 1.00 bits per heavy atom. The average Bonchev–Trinajstić information content (AvgIpc) is 2.56. The van der Waals surface area contributed by atoms with Crippen molar-refractivity contribution in [3.63, 3.8) is 0 Å². The smallest absolute Gasteiger partial charge is 0.303 e. The van der Waals surface area contributed by atoms with Crippen LogP contribution in [0.25, 0.3) is 10.8 Å². The van der Waals surface area contributed by atoms with Crippen LogP contribution in [0.3, 0.4) is 0 Å². The third-order valence-corrected chi connectivity index (χ3v) is 2.78. The van der Waals surface area contributed by atoms with Crippen molar-refractivity contribution in [2.75, 3.05) is 0 Å². The van der Waals surface area contributed by atoms with Gasteiger partial charge >= 0.3 is 5.97 Å². The van der Waals surface area contributed by atoms with Crippen LogP contribution in [0, 0.1) is 0 Å². The fourth-order valence-corrected chi connectivity index (χ4v) is 1.95. The molecule has 0 aliphatic heterocycles. The quantitative estimate of drug-likeness (QED) is 0.828. The molecule has 0 amide bonds. The Balaban J connectivity index is 0.000000921. The first kappa shape index (κ1) is 18.8. The summed E-state index contributed by atoms with van der Waals surface area (Å²) in [5.74, 6) is -0.812. The Bertz CT molecular complexity index is 574. The van der Waals surface area contributed by atoms with Gasteiger partial charge in [0.15, 0.2) is 6.29 Å². The first-order chi connectivity index (χ1) is 10.2. The number of hydrogen-bond acceptors (Lipinski definition) is 2. The highest BCUT2D eigenvalue weighted by atomic mass is 16.4. The second-order valence-electron chi connectivity index (χ2n) is 3.87. The van der Waals surface area contributed by atoms with Gasteiger partial charge in [-0.15, -0.1) is 0 Å². The van der Waals surface area contributed by atoms with Crippen LogP contribution < -0.4 is 0 Å². The van der Waals surface area contributed by atoms with E-state index < -0.39 is 5.97 Å². The molecule has 2 aromatic rings. The van der Waals surface area contributed by atoms with Crippen LogP contribution in [0.1, 0.15) is 50.0 Å². The van der Waals surface area contributed by atoms with Gasteiger partial charge in [0.05, 0.1) is 0 Å². The molecule has 1 N–H and O–H groups in total. The number of aliphatic carboxylic acids is 1. The first-order valence-electron chi connectivity index (χ1n) is 7.40. The molecular weight excluding hydrogens is 264 g/mol. The van der Waals surface area contributed by atoms with Crippen LogP contribution in [0.15, 0.2) is 36.4 Å². The van der Waals surface area contributed by atoms with E-state index in [1.165, 1.54) is 0 Å². The molecule has 0 aromatic heterocycles. The third-order valence-electron chi connectivity index (χ3n) is 2.78. The van der Waals surface area contributed by atoms with Gasteiger partial charge in [-0.05, 0) is 22.8 Å². The Kier molecular flexibility index (Phi) is 9.52. The number of aldehydes is 1. The van der Waals surface area contributed by atoms with Gasteiger partial charge in [0.2, 0.25) is 0 Å². The predicted octanol–water partition coefficient (Wildman–Crippen LogP) is 4.72. The summed E-state index contributed by atoms with van der Waals surface area (Å²) in [4.78, 5) is 21.5. The molecule has 0 spiro atoms. The van der Waals surface area contributed by atoms with E-state index in [4.69, 9.17) is 5.11 Å². The zero-order valence-electron chi connectivity index (χ0n) is 13.2. The summed E-state index contributed by atoms with van der Waals surface area (Å²) in [5.41, 5.74) is 1.60. The SMILES string of the molecule is CC.CC.O=Cc1ccc(CCC(=O)O)c2ccccc12. The second kappa shape index (κ2) is 10.6. The molecule has 0 atom stereocenters. The predicted molar refractivity (Wildman–Crippen MR) is 88.0 cm³/mol. The number of carbonyl (C=O) groups is 2. The maximum atomic E-state index is 10.9. The molecule has 2 aromatic carbocycles. The summed E-state index contributed by atoms with van der Waals surface area (Å²) in [5, 5.41) is 10.5. The molecule has 0 unspecified atom stereocenters. The zero-order valence-corrected chi connectivity index (χ0v) is 13.2. The van der Waals surface area contributed by atoms with E-state index in [2.05, 4.69) is 0 Å². The van der Waals surface area contributed by atoms with Crippen molar-refractivity contribution >= 4 is 23.0 Å². The van der Waals surface area contributed by atoms with Crippen LogP contribution in [0.5, 0.6) is 0 Å². The topological polar surface area (TPSA) is 54.4 Å². The number of fused-ring (bicyclic) bond motifs is 1. The van der Waals surface area contributed by atoms with Gasteiger partial charge in [-0.1, -0.05) is 64.1 Å². The van der Waals surface area contributed by atoms with Gasteiger partial charge in [-0.3, -0.25) is 9.59 Å². The Morgan fingerprint density at radius 2 is 1.57 bits per heavy atom. The van der Waals surface area contributed by atoms with E-state index in [1.54, 1.807) is 6.07 Å². The molecule has 0 fully saturated rings. The monoisotopic (exact) mass is 288 g/mol. The number of hydrogen-bond donors (Lipinski definition) is 1. The van der Waals surface area contributed by atoms with Gasteiger partial charge < -0.3 is 5.11 Å². The number of aryl methyl sites for hydroxylation is 1. The van der Waals surface area contributed by atoms with E-state index in [1.807, 2.05) is 58.0 Å². The zero-order chi connectivity index (χ0) is 16.3. The van der Waals surface area contributed by atoms with Gasteiger partial charge in [0.25, 0.3) is 0 Å². The highest BCUT2D eigenvalue weighted by Gasteiger charge is 2.06. The van der Waals surface area contributed by atoms with E-state index >= 15 is 0 Å². The lowest BCUT2D eigenvalue weighted by molar-refractivity contribution is -0.136. The minimum absolute atomic E-state index is 0.102. The lowest BCUT2D eigenvalue weighted by Crippen LogP contribution is -1.98. The highest BCUT2D eigenvalue weighted by molar-refractivity contribution is 5.99. The maximum Gasteiger partial charge on any atom is 0.303 e. The normalized spacial score (nSPS) is 8.95. The molecular formula is C18H24O3. The Hall–Kier alpha value is -2.16. The van der Waals surface area contributed by atoms with Crippen LogP contribution in [-0.4, -0.2) is 17.4 Å². The summed E-state index contributed by atoms with van der Waals surface area (Å²) >= 11 is 0. The van der Waals surface area contributed by atoms with Gasteiger partial charge in [0.1, 0.15) is 0 Å². The molecule has 21 heavy (non-hydrogen) atoms. The fraction of sp³-hybridized carbons (Fsp3) is 0.333. The van der Waals surface area contributed by atoms with Crippen molar-refractivity contribution in [2.45, 2.75) is 40.5 Å². The van der Waals surface area contributed by atoms with Crippen LogP contribution >= 0.6 is 0 Å². The lowest BCUT2D eigenvalue weighted by atomic mass is 9.97. The van der Waals surface area contributed by atoms with Crippen molar-refractivity contribution in [1.29, 1.82) is 0 Å². The minimum atomic E-state index is -0.812. The van der Waals surface area contributed by atoms with Gasteiger partial charge in [-0.25, -0.2) is 0 Å². The number of rotatable bonds is 4. The summed E-state index contributed by atoms with van der Waals surface area (Å²) in [6, 6.07) is 11.1. The summed E-state index contributed by atoms with van der Waals surface area (Å²) in [6.45, 7) is 8.00. The highest BCUT2D eigenvalue weighted by Crippen LogP contribution is 2.22. The number of carbonyl (C=O) groups excluding carboxylic acids is 1. The Labute approximate surface area is 126 Å². The molecule has 114 valence electrons. The second-order valence-corrected chi connectivity index (χ2v) is 3.87. The van der Waals surface area contributed by atoms with Crippen molar-refractivity contribution in [2.24, 2.45) is 0 Å². The molecule has 2 rings (SSSR count). The molecule has 0 aliphatic carbocycles. The largest absolute Gasteiger partial charge is 0.481 e. The summed E-state index contributed by atoms with van der Waals surface area (Å²) in [7, 11) is 0. The molecule has 0 saturated heterocycles. The molecule has 0 radical (unpaired) electrons. The van der Waals surface area contributed by atoms with E-state index in [9.17, 15) is 9.59 Å².